The molecule has 0 saturated heterocycles. The molecule has 0 amide bonds. The molecule has 2 aromatic rings. The molecule has 0 aromatic heterocycles. The first-order valence-corrected chi connectivity index (χ1v) is 4.94. The Kier molecular flexibility index (Phi) is 2.59. The minimum Gasteiger partial charge on any atom is -0.398 e. The first-order chi connectivity index (χ1) is 7.27. The van der Waals surface area contributed by atoms with Crippen LogP contribution in [-0.2, 0) is 6.42 Å². The Labute approximate surface area is 89.5 Å². The van der Waals surface area contributed by atoms with Crippen molar-refractivity contribution in [3.8, 4) is 0 Å². The van der Waals surface area contributed by atoms with Gasteiger partial charge in [0.15, 0.2) is 0 Å². The second kappa shape index (κ2) is 4.05. The fourth-order valence-corrected chi connectivity index (χ4v) is 1.60. The van der Waals surface area contributed by atoms with Gasteiger partial charge in [0.25, 0.3) is 0 Å². The number of hydrogen-bond donors (Lipinski definition) is 2. The van der Waals surface area contributed by atoms with Gasteiger partial charge in [0.1, 0.15) is 0 Å². The van der Waals surface area contributed by atoms with Crippen molar-refractivity contribution in [3.63, 3.8) is 0 Å². The predicted octanol–water partition coefficient (Wildman–Crippen LogP) is 2.44. The zero-order valence-electron chi connectivity index (χ0n) is 8.48. The van der Waals surface area contributed by atoms with E-state index in [1.807, 2.05) is 48.5 Å². The Bertz CT molecular complexity index is 420. The van der Waals surface area contributed by atoms with Crippen molar-refractivity contribution in [3.05, 3.63) is 59.7 Å². The largest absolute Gasteiger partial charge is 0.398 e. The summed E-state index contributed by atoms with van der Waals surface area (Å²) in [5, 5.41) is 0. The zero-order chi connectivity index (χ0) is 10.7. The van der Waals surface area contributed by atoms with Crippen LogP contribution in [0.1, 0.15) is 11.1 Å². The third-order valence-electron chi connectivity index (χ3n) is 2.49. The molecule has 0 aliphatic rings. The summed E-state index contributed by atoms with van der Waals surface area (Å²) in [5.74, 6) is 0. The number of benzene rings is 2. The third kappa shape index (κ3) is 2.10. The fourth-order valence-electron chi connectivity index (χ4n) is 1.60. The van der Waals surface area contributed by atoms with E-state index in [-0.39, 0.29) is 0 Å². The number of nitrogen functional groups attached to an aromatic ring is 2. The average Bonchev–Trinajstić information content (AvgIpc) is 2.24. The van der Waals surface area contributed by atoms with Crippen LogP contribution in [0, 0.1) is 0 Å². The Morgan fingerprint density at radius 2 is 1.07 bits per heavy atom. The summed E-state index contributed by atoms with van der Waals surface area (Å²) < 4.78 is 0. The van der Waals surface area contributed by atoms with E-state index in [2.05, 4.69) is 0 Å². The van der Waals surface area contributed by atoms with Crippen LogP contribution >= 0.6 is 0 Å². The Hall–Kier alpha value is -1.96. The first kappa shape index (κ1) is 9.59. The smallest absolute Gasteiger partial charge is 0.0349 e. The van der Waals surface area contributed by atoms with Crippen LogP contribution < -0.4 is 11.5 Å². The van der Waals surface area contributed by atoms with E-state index in [1.54, 1.807) is 0 Å². The lowest BCUT2D eigenvalue weighted by Crippen LogP contribution is -1.98. The normalized spacial score (nSPS) is 10.1. The molecule has 0 bridgehead atoms. The highest BCUT2D eigenvalue weighted by Crippen LogP contribution is 2.19. The molecule has 0 heterocycles. The summed E-state index contributed by atoms with van der Waals surface area (Å²) >= 11 is 0. The number of anilines is 2. The molecular formula is C13H14N2. The van der Waals surface area contributed by atoms with Gasteiger partial charge >= 0.3 is 0 Å². The molecule has 0 unspecified atom stereocenters. The molecule has 4 N–H and O–H groups in total. The van der Waals surface area contributed by atoms with Crippen molar-refractivity contribution in [2.24, 2.45) is 0 Å². The van der Waals surface area contributed by atoms with Gasteiger partial charge in [-0.1, -0.05) is 36.4 Å². The van der Waals surface area contributed by atoms with Crippen LogP contribution in [0.25, 0.3) is 0 Å². The summed E-state index contributed by atoms with van der Waals surface area (Å²) in [5.41, 5.74) is 15.6. The quantitative estimate of drug-likeness (QED) is 0.728. The zero-order valence-corrected chi connectivity index (χ0v) is 8.48. The fraction of sp³-hybridized carbons (Fsp3) is 0.0769. The van der Waals surface area contributed by atoms with Gasteiger partial charge < -0.3 is 11.5 Å². The highest BCUT2D eigenvalue weighted by atomic mass is 14.6. The molecule has 0 fully saturated rings. The van der Waals surface area contributed by atoms with Crippen molar-refractivity contribution < 1.29 is 0 Å². The lowest BCUT2D eigenvalue weighted by Gasteiger charge is -2.07. The first-order valence-electron chi connectivity index (χ1n) is 4.94. The minimum absolute atomic E-state index is 0.791. The van der Waals surface area contributed by atoms with E-state index >= 15 is 0 Å². The Morgan fingerprint density at radius 3 is 1.47 bits per heavy atom. The maximum absolute atomic E-state index is 5.88. The maximum atomic E-state index is 5.88. The summed E-state index contributed by atoms with van der Waals surface area (Å²) in [6.07, 6.45) is 0.791. The molecule has 15 heavy (non-hydrogen) atoms. The van der Waals surface area contributed by atoms with Crippen LogP contribution in [0.5, 0.6) is 0 Å². The van der Waals surface area contributed by atoms with Crippen molar-refractivity contribution >= 4 is 11.4 Å². The third-order valence-corrected chi connectivity index (χ3v) is 2.49. The van der Waals surface area contributed by atoms with Crippen LogP contribution in [0.15, 0.2) is 48.5 Å². The molecule has 0 aliphatic carbocycles. The van der Waals surface area contributed by atoms with Crippen LogP contribution in [0.4, 0.5) is 11.4 Å². The predicted molar refractivity (Wildman–Crippen MR) is 64.5 cm³/mol. The molecule has 0 radical (unpaired) electrons. The van der Waals surface area contributed by atoms with Gasteiger partial charge in [-0.3, -0.25) is 0 Å². The molecule has 0 aliphatic heterocycles. The second-order valence-electron chi connectivity index (χ2n) is 3.57. The SMILES string of the molecule is Nc1ccccc1Cc1ccccc1N. The van der Waals surface area contributed by atoms with E-state index in [4.69, 9.17) is 11.5 Å². The summed E-state index contributed by atoms with van der Waals surface area (Å²) in [7, 11) is 0. The van der Waals surface area contributed by atoms with Crippen molar-refractivity contribution in [2.75, 3.05) is 11.5 Å². The van der Waals surface area contributed by atoms with Crippen molar-refractivity contribution in [2.45, 2.75) is 6.42 Å². The number of rotatable bonds is 2. The molecule has 0 saturated carbocycles. The van der Waals surface area contributed by atoms with E-state index < -0.39 is 0 Å². The Morgan fingerprint density at radius 1 is 0.667 bits per heavy atom. The average molecular weight is 198 g/mol. The summed E-state index contributed by atoms with van der Waals surface area (Å²) in [6, 6.07) is 15.7. The molecule has 2 heteroatoms. The molecule has 2 rings (SSSR count). The summed E-state index contributed by atoms with van der Waals surface area (Å²) in [6.45, 7) is 0. The second-order valence-corrected chi connectivity index (χ2v) is 3.57. The molecule has 2 aromatic carbocycles. The van der Waals surface area contributed by atoms with Gasteiger partial charge in [-0.2, -0.15) is 0 Å². The molecule has 0 atom stereocenters. The maximum Gasteiger partial charge on any atom is 0.0349 e. The van der Waals surface area contributed by atoms with Crippen LogP contribution in [0.3, 0.4) is 0 Å². The standard InChI is InChI=1S/C13H14N2/c14-12-7-3-1-5-10(12)9-11-6-2-4-8-13(11)15/h1-8H,9,14-15H2. The van der Waals surface area contributed by atoms with Crippen molar-refractivity contribution in [1.82, 2.24) is 0 Å². The topological polar surface area (TPSA) is 52.0 Å². The Balaban J connectivity index is 2.30. The van der Waals surface area contributed by atoms with Crippen LogP contribution in [-0.4, -0.2) is 0 Å². The van der Waals surface area contributed by atoms with E-state index in [1.165, 1.54) is 0 Å². The minimum atomic E-state index is 0.791. The number of hydrogen-bond acceptors (Lipinski definition) is 2. The van der Waals surface area contributed by atoms with Gasteiger partial charge in [-0.15, -0.1) is 0 Å². The lowest BCUT2D eigenvalue weighted by molar-refractivity contribution is 1.20. The highest BCUT2D eigenvalue weighted by molar-refractivity contribution is 5.53. The van der Waals surface area contributed by atoms with Crippen LogP contribution in [0.2, 0.25) is 0 Å². The molecule has 0 spiro atoms. The summed E-state index contributed by atoms with van der Waals surface area (Å²) in [4.78, 5) is 0. The van der Waals surface area contributed by atoms with Gasteiger partial charge in [0.2, 0.25) is 0 Å². The van der Waals surface area contributed by atoms with Gasteiger partial charge in [-0.25, -0.2) is 0 Å². The number of para-hydroxylation sites is 2. The lowest BCUT2D eigenvalue weighted by atomic mass is 10.0. The van der Waals surface area contributed by atoms with E-state index in [0.717, 1.165) is 28.9 Å². The monoisotopic (exact) mass is 198 g/mol. The van der Waals surface area contributed by atoms with Crippen molar-refractivity contribution in [1.29, 1.82) is 0 Å². The van der Waals surface area contributed by atoms with Gasteiger partial charge in [0, 0.05) is 17.8 Å². The molecule has 76 valence electrons. The molecule has 2 nitrogen and oxygen atoms in total. The molecular weight excluding hydrogens is 184 g/mol. The number of nitrogens with two attached hydrogens (primary N) is 2. The van der Waals surface area contributed by atoms with E-state index in [9.17, 15) is 0 Å². The van der Waals surface area contributed by atoms with E-state index in [0.29, 0.717) is 0 Å². The highest BCUT2D eigenvalue weighted by Gasteiger charge is 2.02. The van der Waals surface area contributed by atoms with Gasteiger partial charge in [-0.05, 0) is 23.3 Å². The van der Waals surface area contributed by atoms with Gasteiger partial charge in [0.05, 0.1) is 0 Å².